The number of allylic oxidation sites excluding steroid dienone is 1. The zero-order valence-corrected chi connectivity index (χ0v) is 22.2. The van der Waals surface area contributed by atoms with Gasteiger partial charge in [-0.15, -0.1) is 0 Å². The quantitative estimate of drug-likeness (QED) is 0.277. The first-order valence-corrected chi connectivity index (χ1v) is 14.4. The highest BCUT2D eigenvalue weighted by atomic mass is 16.2. The summed E-state index contributed by atoms with van der Waals surface area (Å²) in [7, 11) is 0. The summed E-state index contributed by atoms with van der Waals surface area (Å²) in [4.78, 5) is 32.4. The topological polar surface area (TPSA) is 43.9 Å². The molecule has 0 aromatic carbocycles. The number of carbonyl (C=O) groups excluding carboxylic acids is 2. The van der Waals surface area contributed by atoms with Gasteiger partial charge >= 0.3 is 0 Å². The number of nitrogens with zero attached hydrogens (tertiary/aromatic N) is 3. The molecule has 0 aromatic heterocycles. The molecule has 1 saturated heterocycles. The van der Waals surface area contributed by atoms with Crippen molar-refractivity contribution in [3.05, 3.63) is 11.6 Å². The Balaban J connectivity index is 1.19. The van der Waals surface area contributed by atoms with Gasteiger partial charge in [0.2, 0.25) is 11.8 Å². The Morgan fingerprint density at radius 2 is 1.74 bits per heavy atom. The molecule has 2 unspecified atom stereocenters. The summed E-state index contributed by atoms with van der Waals surface area (Å²) in [6, 6.07) is 0. The summed E-state index contributed by atoms with van der Waals surface area (Å²) < 4.78 is 0. The second-order valence-corrected chi connectivity index (χ2v) is 12.1. The van der Waals surface area contributed by atoms with Crippen molar-refractivity contribution in [1.82, 2.24) is 14.7 Å². The Bertz CT molecular complexity index is 734. The standard InChI is InChI=1S/C29H49N3O2/c1-4-5-6-7-8-9-10-27(33)31-18-15-30(16-19-31)17-20-32(28(34)23-11-12-23)22-24-13-14-25-21-26(24)29(25,2)3/h13,23,25-26H,4-12,14-22H2,1-3H3. The van der Waals surface area contributed by atoms with Gasteiger partial charge in [-0.05, 0) is 49.4 Å². The molecule has 2 amide bonds. The van der Waals surface area contributed by atoms with E-state index in [4.69, 9.17) is 0 Å². The lowest BCUT2D eigenvalue weighted by atomic mass is 9.49. The second kappa shape index (κ2) is 11.6. The summed E-state index contributed by atoms with van der Waals surface area (Å²) in [5, 5.41) is 0. The van der Waals surface area contributed by atoms with Crippen molar-refractivity contribution < 1.29 is 9.59 Å². The summed E-state index contributed by atoms with van der Waals surface area (Å²) >= 11 is 0. The summed E-state index contributed by atoms with van der Waals surface area (Å²) in [6.45, 7) is 13.2. The predicted molar refractivity (Wildman–Crippen MR) is 138 cm³/mol. The molecule has 192 valence electrons. The van der Waals surface area contributed by atoms with Crippen molar-refractivity contribution in [1.29, 1.82) is 0 Å². The molecule has 0 spiro atoms. The molecule has 2 saturated carbocycles. The van der Waals surface area contributed by atoms with Crippen LogP contribution in [0.25, 0.3) is 0 Å². The molecule has 4 aliphatic carbocycles. The average molecular weight is 472 g/mol. The first kappa shape index (κ1) is 25.7. The Morgan fingerprint density at radius 3 is 2.38 bits per heavy atom. The first-order chi connectivity index (χ1) is 16.4. The van der Waals surface area contributed by atoms with E-state index in [1.165, 1.54) is 50.5 Å². The highest BCUT2D eigenvalue weighted by Crippen LogP contribution is 2.59. The third kappa shape index (κ3) is 6.25. The molecular formula is C29H49N3O2. The lowest BCUT2D eigenvalue weighted by molar-refractivity contribution is -0.133. The van der Waals surface area contributed by atoms with E-state index in [1.54, 1.807) is 0 Å². The van der Waals surface area contributed by atoms with Crippen molar-refractivity contribution >= 4 is 11.8 Å². The molecule has 0 aromatic rings. The number of piperazine rings is 1. The first-order valence-electron chi connectivity index (χ1n) is 14.4. The van der Waals surface area contributed by atoms with Crippen LogP contribution in [-0.2, 0) is 9.59 Å². The highest BCUT2D eigenvalue weighted by molar-refractivity contribution is 5.81. The average Bonchev–Trinajstić information content (AvgIpc) is 3.69. The molecule has 34 heavy (non-hydrogen) atoms. The lowest BCUT2D eigenvalue weighted by Gasteiger charge is -2.57. The van der Waals surface area contributed by atoms with Crippen LogP contribution in [0.3, 0.4) is 0 Å². The molecule has 5 heteroatoms. The number of carbonyl (C=O) groups is 2. The number of fused-ring (bicyclic) bond motifs is 1. The number of unbranched alkanes of at least 4 members (excludes halogenated alkanes) is 5. The zero-order chi connectivity index (χ0) is 24.1. The van der Waals surface area contributed by atoms with Gasteiger partial charge in [-0.2, -0.15) is 0 Å². The van der Waals surface area contributed by atoms with Crippen LogP contribution in [-0.4, -0.2) is 72.3 Å². The largest absolute Gasteiger partial charge is 0.340 e. The van der Waals surface area contributed by atoms with Gasteiger partial charge < -0.3 is 9.80 Å². The van der Waals surface area contributed by atoms with Crippen molar-refractivity contribution in [2.45, 2.75) is 91.4 Å². The normalized spacial score (nSPS) is 26.1. The second-order valence-electron chi connectivity index (χ2n) is 12.1. The van der Waals surface area contributed by atoms with E-state index in [0.29, 0.717) is 29.6 Å². The molecule has 3 fully saturated rings. The van der Waals surface area contributed by atoms with E-state index in [0.717, 1.165) is 71.0 Å². The van der Waals surface area contributed by atoms with Crippen molar-refractivity contribution in [3.63, 3.8) is 0 Å². The number of hydrogen-bond donors (Lipinski definition) is 0. The maximum atomic E-state index is 13.1. The van der Waals surface area contributed by atoms with E-state index >= 15 is 0 Å². The van der Waals surface area contributed by atoms with Crippen molar-refractivity contribution in [3.8, 4) is 0 Å². The molecule has 5 aliphatic rings. The molecule has 1 heterocycles. The van der Waals surface area contributed by atoms with Crippen molar-refractivity contribution in [2.24, 2.45) is 23.2 Å². The molecule has 1 aliphatic heterocycles. The maximum absolute atomic E-state index is 13.1. The summed E-state index contributed by atoms with van der Waals surface area (Å²) in [5.74, 6) is 2.51. The third-order valence-electron chi connectivity index (χ3n) is 9.35. The van der Waals surface area contributed by atoms with Crippen LogP contribution >= 0.6 is 0 Å². The van der Waals surface area contributed by atoms with E-state index < -0.39 is 0 Å². The Kier molecular flexibility index (Phi) is 8.76. The maximum Gasteiger partial charge on any atom is 0.226 e. The van der Waals surface area contributed by atoms with Crippen LogP contribution < -0.4 is 0 Å². The fraction of sp³-hybridized carbons (Fsp3) is 0.862. The van der Waals surface area contributed by atoms with Crippen LogP contribution in [0.2, 0.25) is 0 Å². The van der Waals surface area contributed by atoms with Crippen molar-refractivity contribution in [2.75, 3.05) is 45.8 Å². The van der Waals surface area contributed by atoms with Gasteiger partial charge in [0.15, 0.2) is 0 Å². The molecular weight excluding hydrogens is 422 g/mol. The number of hydrogen-bond acceptors (Lipinski definition) is 3. The van der Waals surface area contributed by atoms with E-state index in [9.17, 15) is 9.59 Å². The monoisotopic (exact) mass is 471 g/mol. The molecule has 5 rings (SSSR count). The van der Waals surface area contributed by atoms with Crippen LogP contribution in [0.1, 0.15) is 91.4 Å². The van der Waals surface area contributed by atoms with Crippen LogP contribution in [0, 0.1) is 23.2 Å². The van der Waals surface area contributed by atoms with E-state index in [1.807, 2.05) is 0 Å². The number of amides is 2. The lowest BCUT2D eigenvalue weighted by Crippen LogP contribution is -2.52. The molecule has 5 nitrogen and oxygen atoms in total. The van der Waals surface area contributed by atoms with Crippen LogP contribution in [0.4, 0.5) is 0 Å². The minimum absolute atomic E-state index is 0.280. The van der Waals surface area contributed by atoms with Gasteiger partial charge in [0.1, 0.15) is 0 Å². The van der Waals surface area contributed by atoms with Gasteiger partial charge in [-0.1, -0.05) is 64.5 Å². The smallest absolute Gasteiger partial charge is 0.226 e. The summed E-state index contributed by atoms with van der Waals surface area (Å²) in [5.41, 5.74) is 1.93. The highest BCUT2D eigenvalue weighted by Gasteiger charge is 2.51. The van der Waals surface area contributed by atoms with Gasteiger partial charge in [0, 0.05) is 58.2 Å². The number of rotatable bonds is 13. The summed E-state index contributed by atoms with van der Waals surface area (Å²) in [6.07, 6.45) is 15.2. The fourth-order valence-corrected chi connectivity index (χ4v) is 6.43. The van der Waals surface area contributed by atoms with Gasteiger partial charge in [-0.25, -0.2) is 0 Å². The van der Waals surface area contributed by atoms with Crippen LogP contribution in [0.5, 0.6) is 0 Å². The van der Waals surface area contributed by atoms with E-state index in [-0.39, 0.29) is 5.92 Å². The molecule has 2 bridgehead atoms. The van der Waals surface area contributed by atoms with Gasteiger partial charge in [-0.3, -0.25) is 14.5 Å². The Labute approximate surface area is 208 Å². The molecule has 2 atom stereocenters. The SMILES string of the molecule is CCCCCCCCC(=O)N1CCN(CCN(CC2=CCC3CC2C3(C)C)C(=O)C2CC2)CC1. The Hall–Kier alpha value is -1.36. The third-order valence-corrected chi connectivity index (χ3v) is 9.35. The van der Waals surface area contributed by atoms with Crippen LogP contribution in [0.15, 0.2) is 11.6 Å². The minimum Gasteiger partial charge on any atom is -0.340 e. The molecule has 0 N–H and O–H groups in total. The molecule has 0 radical (unpaired) electrons. The van der Waals surface area contributed by atoms with Gasteiger partial charge in [0.25, 0.3) is 0 Å². The minimum atomic E-state index is 0.280. The predicted octanol–water partition coefficient (Wildman–Crippen LogP) is 5.11. The van der Waals surface area contributed by atoms with Gasteiger partial charge in [0.05, 0.1) is 0 Å². The Morgan fingerprint density at radius 1 is 1.03 bits per heavy atom. The van der Waals surface area contributed by atoms with E-state index in [2.05, 4.69) is 41.5 Å². The fourth-order valence-electron chi connectivity index (χ4n) is 6.43. The zero-order valence-electron chi connectivity index (χ0n) is 22.2.